The van der Waals surface area contributed by atoms with Crippen LogP contribution in [0.4, 0.5) is 0 Å². The standard InChI is InChI=1S/C14H24N2O/c1-4-14(5-2,17-6-3)13(15)11-12-7-9-16-10-8-12/h7-10,13H,4-6,11,15H2,1-3H3. The lowest BCUT2D eigenvalue weighted by molar-refractivity contribution is -0.0633. The highest BCUT2D eigenvalue weighted by atomic mass is 16.5. The van der Waals surface area contributed by atoms with Gasteiger partial charge in [-0.1, -0.05) is 13.8 Å². The lowest BCUT2D eigenvalue weighted by Crippen LogP contribution is -2.50. The number of hydrogen-bond donors (Lipinski definition) is 1. The first kappa shape index (κ1) is 14.1. The molecule has 0 aliphatic carbocycles. The van der Waals surface area contributed by atoms with Gasteiger partial charge in [-0.2, -0.15) is 0 Å². The summed E-state index contributed by atoms with van der Waals surface area (Å²) >= 11 is 0. The summed E-state index contributed by atoms with van der Waals surface area (Å²) in [5.41, 5.74) is 7.37. The van der Waals surface area contributed by atoms with Gasteiger partial charge in [-0.25, -0.2) is 0 Å². The molecule has 1 rings (SSSR count). The van der Waals surface area contributed by atoms with Crippen molar-refractivity contribution in [1.82, 2.24) is 4.98 Å². The van der Waals surface area contributed by atoms with Crippen LogP contribution in [-0.2, 0) is 11.2 Å². The number of rotatable bonds is 7. The summed E-state index contributed by atoms with van der Waals surface area (Å²) in [6, 6.07) is 4.06. The van der Waals surface area contributed by atoms with Gasteiger partial charge in [0.15, 0.2) is 0 Å². The van der Waals surface area contributed by atoms with Crippen LogP contribution >= 0.6 is 0 Å². The molecular weight excluding hydrogens is 212 g/mol. The average molecular weight is 236 g/mol. The Balaban J connectivity index is 2.75. The molecule has 0 saturated heterocycles. The average Bonchev–Trinajstić information content (AvgIpc) is 2.37. The number of nitrogens with zero attached hydrogens (tertiary/aromatic N) is 1. The Kier molecular flexibility index (Phi) is 5.59. The first-order valence-corrected chi connectivity index (χ1v) is 6.47. The minimum Gasteiger partial charge on any atom is -0.374 e. The number of aromatic nitrogens is 1. The summed E-state index contributed by atoms with van der Waals surface area (Å²) in [5, 5.41) is 0. The molecule has 2 N–H and O–H groups in total. The summed E-state index contributed by atoms with van der Waals surface area (Å²) < 4.78 is 5.92. The van der Waals surface area contributed by atoms with Crippen LogP contribution in [-0.4, -0.2) is 23.2 Å². The first-order chi connectivity index (χ1) is 8.18. The predicted octanol–water partition coefficient (Wildman–Crippen LogP) is 2.55. The van der Waals surface area contributed by atoms with Crippen molar-refractivity contribution in [3.8, 4) is 0 Å². The van der Waals surface area contributed by atoms with Crippen molar-refractivity contribution in [2.45, 2.75) is 51.7 Å². The van der Waals surface area contributed by atoms with E-state index in [2.05, 4.69) is 18.8 Å². The summed E-state index contributed by atoms with van der Waals surface area (Å²) in [7, 11) is 0. The van der Waals surface area contributed by atoms with Gasteiger partial charge in [-0.3, -0.25) is 4.98 Å². The summed E-state index contributed by atoms with van der Waals surface area (Å²) in [5.74, 6) is 0. The lowest BCUT2D eigenvalue weighted by Gasteiger charge is -2.37. The van der Waals surface area contributed by atoms with Gasteiger partial charge in [0.1, 0.15) is 0 Å². The van der Waals surface area contributed by atoms with E-state index in [4.69, 9.17) is 10.5 Å². The number of hydrogen-bond acceptors (Lipinski definition) is 3. The van der Waals surface area contributed by atoms with E-state index < -0.39 is 0 Å². The molecule has 0 bridgehead atoms. The molecule has 0 amide bonds. The molecule has 17 heavy (non-hydrogen) atoms. The second-order valence-electron chi connectivity index (χ2n) is 4.37. The zero-order valence-corrected chi connectivity index (χ0v) is 11.1. The van der Waals surface area contributed by atoms with Gasteiger partial charge < -0.3 is 10.5 Å². The predicted molar refractivity (Wildman–Crippen MR) is 70.9 cm³/mol. The quantitative estimate of drug-likeness (QED) is 0.791. The molecule has 0 radical (unpaired) electrons. The molecule has 1 heterocycles. The number of nitrogens with two attached hydrogens (primary N) is 1. The third-order valence-corrected chi connectivity index (χ3v) is 3.51. The molecule has 3 nitrogen and oxygen atoms in total. The van der Waals surface area contributed by atoms with E-state index >= 15 is 0 Å². The van der Waals surface area contributed by atoms with Gasteiger partial charge in [-0.05, 0) is 43.9 Å². The van der Waals surface area contributed by atoms with Gasteiger partial charge >= 0.3 is 0 Å². The molecule has 1 unspecified atom stereocenters. The van der Waals surface area contributed by atoms with Crippen molar-refractivity contribution in [1.29, 1.82) is 0 Å². The maximum atomic E-state index is 6.35. The monoisotopic (exact) mass is 236 g/mol. The van der Waals surface area contributed by atoms with E-state index in [0.717, 1.165) is 19.3 Å². The van der Waals surface area contributed by atoms with Gasteiger partial charge in [0, 0.05) is 25.0 Å². The third kappa shape index (κ3) is 3.51. The normalized spacial score (nSPS) is 13.6. The highest BCUT2D eigenvalue weighted by Crippen LogP contribution is 2.25. The molecule has 96 valence electrons. The van der Waals surface area contributed by atoms with Gasteiger partial charge in [0.2, 0.25) is 0 Å². The fourth-order valence-corrected chi connectivity index (χ4v) is 2.33. The van der Waals surface area contributed by atoms with Gasteiger partial charge in [0.25, 0.3) is 0 Å². The van der Waals surface area contributed by atoms with Crippen LogP contribution in [0.25, 0.3) is 0 Å². The molecule has 0 spiro atoms. The Morgan fingerprint density at radius 2 is 1.82 bits per heavy atom. The van der Waals surface area contributed by atoms with E-state index in [-0.39, 0.29) is 11.6 Å². The highest BCUT2D eigenvalue weighted by molar-refractivity contribution is 5.13. The lowest BCUT2D eigenvalue weighted by atomic mass is 9.85. The van der Waals surface area contributed by atoms with Crippen LogP contribution in [0.5, 0.6) is 0 Å². The molecule has 1 atom stereocenters. The highest BCUT2D eigenvalue weighted by Gasteiger charge is 2.33. The van der Waals surface area contributed by atoms with E-state index in [1.54, 1.807) is 0 Å². The SMILES string of the molecule is CCOC(CC)(CC)C(N)Cc1ccncc1. The molecule has 1 aromatic heterocycles. The molecule has 0 fully saturated rings. The van der Waals surface area contributed by atoms with Crippen LogP contribution in [0, 0.1) is 0 Å². The molecule has 0 aromatic carbocycles. The van der Waals surface area contributed by atoms with Crippen LogP contribution in [0.3, 0.4) is 0 Å². The van der Waals surface area contributed by atoms with Crippen molar-refractivity contribution in [2.75, 3.05) is 6.61 Å². The van der Waals surface area contributed by atoms with Crippen molar-refractivity contribution in [3.63, 3.8) is 0 Å². The fourth-order valence-electron chi connectivity index (χ4n) is 2.33. The Morgan fingerprint density at radius 1 is 1.24 bits per heavy atom. The topological polar surface area (TPSA) is 48.1 Å². The minimum atomic E-state index is -0.196. The van der Waals surface area contributed by atoms with Crippen LogP contribution in [0.2, 0.25) is 0 Å². The number of ether oxygens (including phenoxy) is 1. The van der Waals surface area contributed by atoms with Gasteiger partial charge in [0.05, 0.1) is 5.60 Å². The van der Waals surface area contributed by atoms with Crippen LogP contribution in [0.15, 0.2) is 24.5 Å². The zero-order valence-electron chi connectivity index (χ0n) is 11.1. The van der Waals surface area contributed by atoms with Gasteiger partial charge in [-0.15, -0.1) is 0 Å². The summed E-state index contributed by atoms with van der Waals surface area (Å²) in [6.07, 6.45) is 6.35. The number of pyridine rings is 1. The zero-order chi connectivity index (χ0) is 12.7. The van der Waals surface area contributed by atoms with Crippen LogP contribution in [0.1, 0.15) is 39.2 Å². The van der Waals surface area contributed by atoms with E-state index in [1.165, 1.54) is 5.56 Å². The first-order valence-electron chi connectivity index (χ1n) is 6.47. The summed E-state index contributed by atoms with van der Waals surface area (Å²) in [6.45, 7) is 7.03. The molecule has 3 heteroatoms. The van der Waals surface area contributed by atoms with Crippen molar-refractivity contribution in [3.05, 3.63) is 30.1 Å². The van der Waals surface area contributed by atoms with Crippen LogP contribution < -0.4 is 5.73 Å². The van der Waals surface area contributed by atoms with E-state index in [0.29, 0.717) is 6.61 Å². The Hall–Kier alpha value is -0.930. The minimum absolute atomic E-state index is 0.0276. The maximum Gasteiger partial charge on any atom is 0.0830 e. The second kappa shape index (κ2) is 6.72. The molecular formula is C14H24N2O. The third-order valence-electron chi connectivity index (χ3n) is 3.51. The van der Waals surface area contributed by atoms with Crippen molar-refractivity contribution >= 4 is 0 Å². The molecule has 0 saturated carbocycles. The maximum absolute atomic E-state index is 6.35. The largest absolute Gasteiger partial charge is 0.374 e. The molecule has 1 aromatic rings. The van der Waals surface area contributed by atoms with Crippen molar-refractivity contribution in [2.24, 2.45) is 5.73 Å². The van der Waals surface area contributed by atoms with E-state index in [9.17, 15) is 0 Å². The Bertz CT molecular complexity index is 309. The van der Waals surface area contributed by atoms with E-state index in [1.807, 2.05) is 31.5 Å². The molecule has 0 aliphatic heterocycles. The summed E-state index contributed by atoms with van der Waals surface area (Å²) in [4.78, 5) is 4.02. The Labute approximate surface area is 104 Å². The second-order valence-corrected chi connectivity index (χ2v) is 4.37. The fraction of sp³-hybridized carbons (Fsp3) is 0.643. The smallest absolute Gasteiger partial charge is 0.0830 e. The Morgan fingerprint density at radius 3 is 2.29 bits per heavy atom. The van der Waals surface area contributed by atoms with Crippen molar-refractivity contribution < 1.29 is 4.74 Å². The molecule has 0 aliphatic rings.